The molecule has 0 aliphatic heterocycles. The van der Waals surface area contributed by atoms with Crippen molar-refractivity contribution in [3.05, 3.63) is 11.6 Å². The number of ketones is 1. The molecule has 0 aromatic carbocycles. The average Bonchev–Trinajstić information content (AvgIpc) is 2.58. The molecule has 0 heterocycles. The van der Waals surface area contributed by atoms with Gasteiger partial charge < -0.3 is 4.74 Å². The second-order valence-corrected chi connectivity index (χ2v) is 4.54. The number of unbranched alkanes of at least 4 members (excludes halogenated alkanes) is 2. The van der Waals surface area contributed by atoms with Gasteiger partial charge >= 0.3 is 5.97 Å². The molecule has 0 spiro atoms. The van der Waals surface area contributed by atoms with E-state index < -0.39 is 11.4 Å². The van der Waals surface area contributed by atoms with Crippen molar-refractivity contribution in [2.75, 3.05) is 7.11 Å². The third-order valence-electron chi connectivity index (χ3n) is 3.24. The van der Waals surface area contributed by atoms with Crippen LogP contribution in [0.15, 0.2) is 11.6 Å². The Hall–Kier alpha value is -1.12. The van der Waals surface area contributed by atoms with E-state index in [1.807, 2.05) is 6.08 Å². The van der Waals surface area contributed by atoms with E-state index in [2.05, 4.69) is 11.7 Å². The first-order chi connectivity index (χ1) is 7.56. The van der Waals surface area contributed by atoms with Gasteiger partial charge in [0, 0.05) is 0 Å². The van der Waals surface area contributed by atoms with Crippen molar-refractivity contribution < 1.29 is 14.3 Å². The van der Waals surface area contributed by atoms with E-state index in [-0.39, 0.29) is 5.78 Å². The second kappa shape index (κ2) is 5.28. The lowest BCUT2D eigenvalue weighted by molar-refractivity contribution is -0.154. The highest BCUT2D eigenvalue weighted by Gasteiger charge is 2.45. The minimum absolute atomic E-state index is 0.0459. The Morgan fingerprint density at radius 3 is 2.75 bits per heavy atom. The van der Waals surface area contributed by atoms with Gasteiger partial charge in [0.2, 0.25) is 0 Å². The van der Waals surface area contributed by atoms with Crippen molar-refractivity contribution in [1.29, 1.82) is 0 Å². The first-order valence-electron chi connectivity index (χ1n) is 5.88. The molecule has 90 valence electrons. The van der Waals surface area contributed by atoms with Crippen LogP contribution in [0.2, 0.25) is 0 Å². The van der Waals surface area contributed by atoms with E-state index in [1.165, 1.54) is 7.11 Å². The Morgan fingerprint density at radius 1 is 1.50 bits per heavy atom. The Balaban J connectivity index is 2.61. The van der Waals surface area contributed by atoms with Crippen LogP contribution < -0.4 is 0 Å². The summed E-state index contributed by atoms with van der Waals surface area (Å²) in [5, 5.41) is 0. The summed E-state index contributed by atoms with van der Waals surface area (Å²) in [6, 6.07) is 0. The number of Topliss-reactive ketones (excluding diaryl/α,β-unsaturated/α-hetero) is 1. The molecule has 0 amide bonds. The lowest BCUT2D eigenvalue weighted by Gasteiger charge is -2.19. The van der Waals surface area contributed by atoms with E-state index in [0.717, 1.165) is 31.3 Å². The highest BCUT2D eigenvalue weighted by Crippen LogP contribution is 2.36. The monoisotopic (exact) mass is 224 g/mol. The van der Waals surface area contributed by atoms with E-state index in [9.17, 15) is 9.59 Å². The quantitative estimate of drug-likeness (QED) is 0.409. The molecular weight excluding hydrogens is 204 g/mol. The highest BCUT2D eigenvalue weighted by molar-refractivity contribution is 6.13. The van der Waals surface area contributed by atoms with Crippen LogP contribution in [0.1, 0.15) is 46.0 Å². The zero-order chi connectivity index (χ0) is 12.2. The fourth-order valence-corrected chi connectivity index (χ4v) is 2.05. The largest absolute Gasteiger partial charge is 0.468 e. The first-order valence-corrected chi connectivity index (χ1v) is 5.88. The van der Waals surface area contributed by atoms with Gasteiger partial charge in [0.05, 0.1) is 7.11 Å². The maximum absolute atomic E-state index is 12.1. The molecule has 16 heavy (non-hydrogen) atoms. The molecule has 0 N–H and O–H groups in total. The molecule has 1 aliphatic carbocycles. The van der Waals surface area contributed by atoms with E-state index >= 15 is 0 Å². The van der Waals surface area contributed by atoms with Gasteiger partial charge in [0.15, 0.2) is 5.78 Å². The molecule has 1 rings (SSSR count). The summed E-state index contributed by atoms with van der Waals surface area (Å²) in [6.07, 6.45) is 6.45. The Bertz CT molecular complexity index is 317. The maximum atomic E-state index is 12.1. The second-order valence-electron chi connectivity index (χ2n) is 4.54. The Morgan fingerprint density at radius 2 is 2.19 bits per heavy atom. The van der Waals surface area contributed by atoms with Crippen molar-refractivity contribution in [2.24, 2.45) is 5.41 Å². The highest BCUT2D eigenvalue weighted by atomic mass is 16.5. The van der Waals surface area contributed by atoms with E-state index in [4.69, 9.17) is 0 Å². The van der Waals surface area contributed by atoms with Gasteiger partial charge in [0.25, 0.3) is 0 Å². The van der Waals surface area contributed by atoms with Crippen molar-refractivity contribution in [2.45, 2.75) is 46.0 Å². The molecule has 0 fully saturated rings. The summed E-state index contributed by atoms with van der Waals surface area (Å²) in [6.45, 7) is 3.80. The SMILES string of the molecule is CCCCCC1=CCC(C)(C(=O)OC)C1=O. The molecule has 0 aromatic heterocycles. The van der Waals surface area contributed by atoms with Crippen LogP contribution in [0.4, 0.5) is 0 Å². The van der Waals surface area contributed by atoms with Crippen LogP contribution in [0.25, 0.3) is 0 Å². The summed E-state index contributed by atoms with van der Waals surface area (Å²) in [4.78, 5) is 23.6. The minimum atomic E-state index is -0.962. The molecule has 1 aliphatic rings. The van der Waals surface area contributed by atoms with Crippen molar-refractivity contribution in [1.82, 2.24) is 0 Å². The number of methoxy groups -OCH3 is 1. The fraction of sp³-hybridized carbons (Fsp3) is 0.692. The van der Waals surface area contributed by atoms with Crippen molar-refractivity contribution in [3.63, 3.8) is 0 Å². The molecule has 3 heteroatoms. The summed E-state index contributed by atoms with van der Waals surface area (Å²) in [5.41, 5.74) is -0.155. The first kappa shape index (κ1) is 12.9. The summed E-state index contributed by atoms with van der Waals surface area (Å²) < 4.78 is 4.69. The van der Waals surface area contributed by atoms with Gasteiger partial charge in [-0.15, -0.1) is 0 Å². The molecule has 0 saturated heterocycles. The predicted octanol–water partition coefficient (Wildman–Crippen LogP) is 2.65. The molecule has 0 saturated carbocycles. The Kier molecular flexibility index (Phi) is 4.27. The van der Waals surface area contributed by atoms with Gasteiger partial charge in [-0.05, 0) is 31.8 Å². The number of allylic oxidation sites excluding steroid dienone is 2. The van der Waals surface area contributed by atoms with Crippen LogP contribution in [-0.4, -0.2) is 18.9 Å². The van der Waals surface area contributed by atoms with Gasteiger partial charge in [0.1, 0.15) is 5.41 Å². The summed E-state index contributed by atoms with van der Waals surface area (Å²) in [7, 11) is 1.33. The third-order valence-corrected chi connectivity index (χ3v) is 3.24. The van der Waals surface area contributed by atoms with E-state index in [0.29, 0.717) is 6.42 Å². The lowest BCUT2D eigenvalue weighted by atomic mass is 9.85. The van der Waals surface area contributed by atoms with Crippen LogP contribution in [0.3, 0.4) is 0 Å². The maximum Gasteiger partial charge on any atom is 0.319 e. The molecule has 1 unspecified atom stereocenters. The number of ether oxygens (including phenoxy) is 1. The average molecular weight is 224 g/mol. The van der Waals surface area contributed by atoms with Gasteiger partial charge in [-0.1, -0.05) is 25.8 Å². The van der Waals surface area contributed by atoms with Crippen molar-refractivity contribution in [3.8, 4) is 0 Å². The molecule has 0 bridgehead atoms. The van der Waals surface area contributed by atoms with Crippen LogP contribution in [0, 0.1) is 5.41 Å². The van der Waals surface area contributed by atoms with E-state index in [1.54, 1.807) is 6.92 Å². The van der Waals surface area contributed by atoms with Crippen molar-refractivity contribution >= 4 is 11.8 Å². The smallest absolute Gasteiger partial charge is 0.319 e. The standard InChI is InChI=1S/C13H20O3/c1-4-5-6-7-10-8-9-13(2,11(10)14)12(15)16-3/h8H,4-7,9H2,1-3H3. The molecular formula is C13H20O3. The van der Waals surface area contributed by atoms with Gasteiger partial charge in [-0.2, -0.15) is 0 Å². The topological polar surface area (TPSA) is 43.4 Å². The molecule has 3 nitrogen and oxygen atoms in total. The summed E-state index contributed by atoms with van der Waals surface area (Å²) in [5.74, 6) is -0.463. The van der Waals surface area contributed by atoms with Gasteiger partial charge in [-0.25, -0.2) is 0 Å². The number of hydrogen-bond acceptors (Lipinski definition) is 3. The predicted molar refractivity (Wildman–Crippen MR) is 62.0 cm³/mol. The zero-order valence-corrected chi connectivity index (χ0v) is 10.3. The Labute approximate surface area is 96.9 Å². The van der Waals surface area contributed by atoms with Crippen LogP contribution in [-0.2, 0) is 14.3 Å². The zero-order valence-electron chi connectivity index (χ0n) is 10.3. The number of carbonyl (C=O) groups excluding carboxylic acids is 2. The number of esters is 1. The third kappa shape index (κ3) is 2.34. The molecule has 1 atom stereocenters. The number of hydrogen-bond donors (Lipinski definition) is 0. The minimum Gasteiger partial charge on any atom is -0.468 e. The molecule has 0 aromatic rings. The lowest BCUT2D eigenvalue weighted by Crippen LogP contribution is -2.34. The molecule has 0 radical (unpaired) electrons. The number of rotatable bonds is 5. The number of carbonyl (C=O) groups is 2. The normalized spacial score (nSPS) is 24.4. The van der Waals surface area contributed by atoms with Gasteiger partial charge in [-0.3, -0.25) is 9.59 Å². The summed E-state index contributed by atoms with van der Waals surface area (Å²) >= 11 is 0. The fourth-order valence-electron chi connectivity index (χ4n) is 2.05. The van der Waals surface area contributed by atoms with Crippen LogP contribution in [0.5, 0.6) is 0 Å². The van der Waals surface area contributed by atoms with Crippen LogP contribution >= 0.6 is 0 Å².